The van der Waals surface area contributed by atoms with E-state index < -0.39 is 35.5 Å². The first-order valence-corrected chi connectivity index (χ1v) is 12.1. The van der Waals surface area contributed by atoms with Gasteiger partial charge < -0.3 is 9.30 Å². The van der Waals surface area contributed by atoms with Gasteiger partial charge in [-0.2, -0.15) is 13.2 Å². The van der Waals surface area contributed by atoms with E-state index in [0.29, 0.717) is 11.5 Å². The van der Waals surface area contributed by atoms with Crippen LogP contribution in [0.2, 0.25) is 0 Å². The maximum Gasteiger partial charge on any atom is 0.418 e. The predicted octanol–water partition coefficient (Wildman–Crippen LogP) is 5.40. The van der Waals surface area contributed by atoms with Crippen LogP contribution in [-0.4, -0.2) is 53.3 Å². The molecule has 0 unspecified atom stereocenters. The van der Waals surface area contributed by atoms with Crippen molar-refractivity contribution in [2.24, 2.45) is 7.05 Å². The third-order valence-electron chi connectivity index (χ3n) is 6.15. The van der Waals surface area contributed by atoms with Crippen LogP contribution in [-0.2, 0) is 18.0 Å². The van der Waals surface area contributed by atoms with Gasteiger partial charge in [-0.05, 0) is 58.0 Å². The zero-order valence-electron chi connectivity index (χ0n) is 21.9. The molecule has 1 aliphatic rings. The van der Waals surface area contributed by atoms with E-state index in [1.165, 1.54) is 13.1 Å². The van der Waals surface area contributed by atoms with E-state index in [4.69, 9.17) is 9.72 Å². The molecule has 1 aliphatic heterocycles. The lowest BCUT2D eigenvalue weighted by molar-refractivity contribution is -0.137. The maximum atomic E-state index is 13.7. The summed E-state index contributed by atoms with van der Waals surface area (Å²) < 4.78 is 49.9. The highest BCUT2D eigenvalue weighted by molar-refractivity contribution is 6.03. The Labute approximate surface area is 221 Å². The normalized spacial score (nSPS) is 16.4. The van der Waals surface area contributed by atoms with E-state index >= 15 is 0 Å². The number of fused-ring (bicyclic) bond motifs is 1. The Bertz CT molecular complexity index is 1590. The fourth-order valence-electron chi connectivity index (χ4n) is 4.47. The summed E-state index contributed by atoms with van der Waals surface area (Å²) in [4.78, 5) is 41.9. The van der Waals surface area contributed by atoms with Crippen molar-refractivity contribution in [3.63, 3.8) is 0 Å². The Kier molecular flexibility index (Phi) is 6.11. The van der Waals surface area contributed by atoms with Crippen LogP contribution in [0.25, 0.3) is 16.9 Å². The van der Waals surface area contributed by atoms with E-state index in [1.807, 2.05) is 29.9 Å². The van der Waals surface area contributed by atoms with E-state index in [-0.39, 0.29) is 23.9 Å². The number of pyridine rings is 2. The summed E-state index contributed by atoms with van der Waals surface area (Å²) in [5.74, 6) is 0.504. The van der Waals surface area contributed by atoms with Crippen molar-refractivity contribution < 1.29 is 27.5 Å². The lowest BCUT2D eigenvalue weighted by Gasteiger charge is -2.24. The van der Waals surface area contributed by atoms with Crippen LogP contribution >= 0.6 is 0 Å². The van der Waals surface area contributed by atoms with Crippen molar-refractivity contribution in [3.8, 4) is 5.82 Å². The summed E-state index contributed by atoms with van der Waals surface area (Å²) >= 11 is 0. The van der Waals surface area contributed by atoms with Gasteiger partial charge in [-0.1, -0.05) is 0 Å². The molecule has 0 N–H and O–H groups in total. The van der Waals surface area contributed by atoms with Crippen molar-refractivity contribution in [3.05, 3.63) is 66.0 Å². The molecule has 0 aromatic carbocycles. The second-order valence-electron chi connectivity index (χ2n) is 10.3. The second kappa shape index (κ2) is 9.10. The first kappa shape index (κ1) is 26.2. The molecule has 3 amide bonds. The zero-order chi connectivity index (χ0) is 28.3. The molecule has 0 aliphatic carbocycles. The highest BCUT2D eigenvalue weighted by Crippen LogP contribution is 2.38. The fourth-order valence-corrected chi connectivity index (χ4v) is 4.47. The van der Waals surface area contributed by atoms with Gasteiger partial charge in [0.15, 0.2) is 0 Å². The van der Waals surface area contributed by atoms with Crippen molar-refractivity contribution >= 4 is 29.0 Å². The van der Waals surface area contributed by atoms with E-state index in [0.717, 1.165) is 27.3 Å². The lowest BCUT2D eigenvalue weighted by Crippen LogP contribution is -2.40. The average Bonchev–Trinajstić information content (AvgIpc) is 3.54. The highest BCUT2D eigenvalue weighted by Gasteiger charge is 2.47. The van der Waals surface area contributed by atoms with E-state index in [1.54, 1.807) is 37.6 Å². The minimum atomic E-state index is -4.67. The first-order valence-electron chi connectivity index (χ1n) is 12.1. The van der Waals surface area contributed by atoms with Gasteiger partial charge in [-0.15, -0.1) is 0 Å². The Balaban J connectivity index is 1.63. The van der Waals surface area contributed by atoms with Crippen molar-refractivity contribution in [1.82, 2.24) is 29.0 Å². The third kappa shape index (κ3) is 4.91. The summed E-state index contributed by atoms with van der Waals surface area (Å²) in [6, 6.07) is 5.39. The molecule has 4 aromatic heterocycles. The second-order valence-corrected chi connectivity index (χ2v) is 10.3. The van der Waals surface area contributed by atoms with Gasteiger partial charge in [0.25, 0.3) is 0 Å². The number of aryl methyl sites for hydroxylation is 2. The molecule has 5 heterocycles. The lowest BCUT2D eigenvalue weighted by atomic mass is 10.2. The number of hydrogen-bond donors (Lipinski definition) is 0. The van der Waals surface area contributed by atoms with E-state index in [2.05, 4.69) is 9.97 Å². The minimum Gasteiger partial charge on any atom is -0.443 e. The van der Waals surface area contributed by atoms with Crippen LogP contribution < -0.4 is 4.90 Å². The summed E-state index contributed by atoms with van der Waals surface area (Å²) in [6.07, 6.45) is -0.594. The van der Waals surface area contributed by atoms with Crippen LogP contribution in [0.5, 0.6) is 0 Å². The number of alkyl halides is 3. The van der Waals surface area contributed by atoms with Crippen LogP contribution in [0, 0.1) is 6.92 Å². The third-order valence-corrected chi connectivity index (χ3v) is 6.15. The quantitative estimate of drug-likeness (QED) is 0.345. The number of anilines is 1. The largest absolute Gasteiger partial charge is 0.443 e. The smallest absolute Gasteiger partial charge is 0.418 e. The van der Waals surface area contributed by atoms with Crippen molar-refractivity contribution in [2.75, 3.05) is 11.4 Å². The van der Waals surface area contributed by atoms with E-state index in [9.17, 15) is 22.8 Å². The van der Waals surface area contributed by atoms with Crippen LogP contribution in [0.15, 0.2) is 48.9 Å². The Morgan fingerprint density at radius 2 is 1.79 bits per heavy atom. The summed E-state index contributed by atoms with van der Waals surface area (Å²) in [7, 11) is 1.85. The van der Waals surface area contributed by atoms with Gasteiger partial charge >= 0.3 is 18.3 Å². The molecular weight excluding hydrogens is 515 g/mol. The molecule has 0 spiro atoms. The molecule has 204 valence electrons. The maximum absolute atomic E-state index is 13.7. The Morgan fingerprint density at radius 3 is 2.49 bits per heavy atom. The molecule has 0 radical (unpaired) electrons. The molecule has 13 heteroatoms. The number of nitrogens with zero attached hydrogens (tertiary/aromatic N) is 7. The van der Waals surface area contributed by atoms with Gasteiger partial charge in [-0.3, -0.25) is 9.47 Å². The number of carbonyl (C=O) groups excluding carboxylic acids is 2. The highest BCUT2D eigenvalue weighted by atomic mass is 19.4. The number of hydrogen-bond acceptors (Lipinski definition) is 6. The molecule has 1 atom stereocenters. The molecule has 4 aromatic rings. The topological polar surface area (TPSA) is 98.4 Å². The predicted molar refractivity (Wildman–Crippen MR) is 135 cm³/mol. The van der Waals surface area contributed by atoms with Crippen molar-refractivity contribution in [2.45, 2.75) is 45.5 Å². The van der Waals surface area contributed by atoms with Gasteiger partial charge in [0.2, 0.25) is 0 Å². The summed E-state index contributed by atoms with van der Waals surface area (Å²) in [5, 5.41) is 0.917. The Morgan fingerprint density at radius 1 is 1.05 bits per heavy atom. The molecular formula is C26H26F3N7O3. The number of urea groups is 1. The van der Waals surface area contributed by atoms with Gasteiger partial charge in [0.1, 0.15) is 34.8 Å². The molecule has 1 saturated heterocycles. The van der Waals surface area contributed by atoms with Gasteiger partial charge in [0, 0.05) is 36.7 Å². The molecule has 0 saturated carbocycles. The van der Waals surface area contributed by atoms with Gasteiger partial charge in [-0.25, -0.2) is 29.4 Å². The minimum absolute atomic E-state index is 0.0567. The average molecular weight is 542 g/mol. The first-order chi connectivity index (χ1) is 18.2. The Hall–Kier alpha value is -4.42. The summed E-state index contributed by atoms with van der Waals surface area (Å²) in [5.41, 5.74) is -1.11. The number of imidazole rings is 1. The number of imide groups is 1. The van der Waals surface area contributed by atoms with Crippen molar-refractivity contribution in [1.29, 1.82) is 0 Å². The number of rotatable bonds is 3. The monoisotopic (exact) mass is 541 g/mol. The van der Waals surface area contributed by atoms with Crippen LogP contribution in [0.1, 0.15) is 43.9 Å². The molecule has 39 heavy (non-hydrogen) atoms. The summed E-state index contributed by atoms with van der Waals surface area (Å²) in [6.45, 7) is 6.12. The fraction of sp³-hybridized carbons (Fsp3) is 0.346. The number of ether oxygens (including phenoxy) is 1. The van der Waals surface area contributed by atoms with Crippen LogP contribution in [0.4, 0.5) is 28.6 Å². The van der Waals surface area contributed by atoms with Gasteiger partial charge in [0.05, 0.1) is 12.1 Å². The molecule has 10 nitrogen and oxygen atoms in total. The van der Waals surface area contributed by atoms with Crippen LogP contribution in [0.3, 0.4) is 0 Å². The molecule has 0 bridgehead atoms. The zero-order valence-corrected chi connectivity index (χ0v) is 21.9. The number of amides is 3. The number of carbonyl (C=O) groups is 2. The standard InChI is InChI=1S/C26H26F3N7O3/c1-15-12-17(26(27,28)29)13-20(31-15)36-18(14-35(23(36)37)24(38)39-25(2,3)4)22-30-9-11-34(22)19-7-6-16-8-10-33(5)21(16)32-19/h6-13,18H,14H2,1-5H3/t18-/m0/s1. The molecule has 1 fully saturated rings. The molecule has 5 rings (SSSR count). The SMILES string of the molecule is Cc1cc(C(F)(F)F)cc(N2C(=O)N(C(=O)OC(C)(C)C)C[C@H]2c2nccn2-c2ccc3ccn(C)c3n2)n1. The number of halogens is 3. The number of aromatic nitrogens is 5.